The van der Waals surface area contributed by atoms with E-state index in [0.717, 1.165) is 5.56 Å². The molecular formula is C16H19N3O4S. The van der Waals surface area contributed by atoms with E-state index >= 15 is 0 Å². The Hall–Kier alpha value is -2.45. The van der Waals surface area contributed by atoms with Crippen molar-refractivity contribution in [1.29, 1.82) is 0 Å². The number of aryl methyl sites for hydroxylation is 1. The predicted octanol–water partition coefficient (Wildman–Crippen LogP) is 2.31. The van der Waals surface area contributed by atoms with Gasteiger partial charge in [0.15, 0.2) is 0 Å². The lowest BCUT2D eigenvalue weighted by Gasteiger charge is -2.08. The first-order valence-electron chi connectivity index (χ1n) is 7.38. The summed E-state index contributed by atoms with van der Waals surface area (Å²) in [5, 5.41) is 5.22. The lowest BCUT2D eigenvalue weighted by Crippen LogP contribution is -2.30. The Morgan fingerprint density at radius 3 is 2.62 bits per heavy atom. The summed E-state index contributed by atoms with van der Waals surface area (Å²) in [6.07, 6.45) is 3.50. The van der Waals surface area contributed by atoms with Crippen LogP contribution in [0.4, 0.5) is 10.5 Å². The molecule has 0 spiro atoms. The highest BCUT2D eigenvalue weighted by atomic mass is 32.2. The molecule has 2 amide bonds. The third-order valence-electron chi connectivity index (χ3n) is 3.07. The van der Waals surface area contributed by atoms with Gasteiger partial charge in [-0.25, -0.2) is 4.79 Å². The van der Waals surface area contributed by atoms with Crippen molar-refractivity contribution in [2.75, 3.05) is 18.5 Å². The molecular weight excluding hydrogens is 330 g/mol. The zero-order valence-corrected chi connectivity index (χ0v) is 14.0. The molecule has 0 unspecified atom stereocenters. The van der Waals surface area contributed by atoms with E-state index in [1.54, 1.807) is 30.5 Å². The van der Waals surface area contributed by atoms with Crippen LogP contribution in [0.15, 0.2) is 53.7 Å². The number of hydrogen-bond acceptors (Lipinski definition) is 5. The Morgan fingerprint density at radius 2 is 1.96 bits per heavy atom. The second kappa shape index (κ2) is 8.42. The van der Waals surface area contributed by atoms with Crippen LogP contribution in [0.1, 0.15) is 12.0 Å². The lowest BCUT2D eigenvalue weighted by atomic mass is 10.2. The smallest absolute Gasteiger partial charge is 0.319 e. The Bertz CT molecular complexity index is 762. The molecule has 1 aromatic heterocycles. The Morgan fingerprint density at radius 1 is 1.21 bits per heavy atom. The van der Waals surface area contributed by atoms with E-state index in [1.165, 1.54) is 18.3 Å². The fourth-order valence-electron chi connectivity index (χ4n) is 1.83. The SMILES string of the molecule is Cc1ccc(S(=O)(=O)OCCCNC(=O)Nc2cccnc2)cc1. The van der Waals surface area contributed by atoms with Gasteiger partial charge in [-0.3, -0.25) is 9.17 Å². The standard InChI is InChI=1S/C16H19N3O4S/c1-13-5-7-15(8-6-13)24(21,22)23-11-3-10-18-16(20)19-14-4-2-9-17-12-14/h2,4-9,12H,3,10-11H2,1H3,(H2,18,19,20). The Balaban J connectivity index is 1.69. The maximum absolute atomic E-state index is 12.0. The van der Waals surface area contributed by atoms with Crippen LogP contribution in [0, 0.1) is 6.92 Å². The highest BCUT2D eigenvalue weighted by molar-refractivity contribution is 7.86. The molecule has 2 aromatic rings. The summed E-state index contributed by atoms with van der Waals surface area (Å²) in [5.41, 5.74) is 1.55. The molecule has 7 nitrogen and oxygen atoms in total. The van der Waals surface area contributed by atoms with Gasteiger partial charge in [0, 0.05) is 12.7 Å². The van der Waals surface area contributed by atoms with Crippen molar-refractivity contribution in [3.05, 3.63) is 54.4 Å². The van der Waals surface area contributed by atoms with Crippen LogP contribution in [0.25, 0.3) is 0 Å². The largest absolute Gasteiger partial charge is 0.338 e. The van der Waals surface area contributed by atoms with Crippen LogP contribution in [0.3, 0.4) is 0 Å². The van der Waals surface area contributed by atoms with E-state index in [1.807, 2.05) is 6.92 Å². The molecule has 0 saturated carbocycles. The third kappa shape index (κ3) is 5.64. The van der Waals surface area contributed by atoms with E-state index in [0.29, 0.717) is 12.1 Å². The number of rotatable bonds is 7. The minimum absolute atomic E-state index is 0.0105. The third-order valence-corrected chi connectivity index (χ3v) is 4.40. The van der Waals surface area contributed by atoms with Crippen LogP contribution < -0.4 is 10.6 Å². The van der Waals surface area contributed by atoms with Crippen molar-refractivity contribution in [2.45, 2.75) is 18.2 Å². The number of carbonyl (C=O) groups is 1. The van der Waals surface area contributed by atoms with Gasteiger partial charge in [0.1, 0.15) is 0 Å². The molecule has 0 fully saturated rings. The molecule has 0 saturated heterocycles. The first-order valence-corrected chi connectivity index (χ1v) is 8.79. The quantitative estimate of drug-likeness (QED) is 0.590. The van der Waals surface area contributed by atoms with Crippen LogP contribution in [0.2, 0.25) is 0 Å². The normalized spacial score (nSPS) is 11.0. The number of pyridine rings is 1. The average molecular weight is 349 g/mol. The van der Waals surface area contributed by atoms with E-state index < -0.39 is 10.1 Å². The summed E-state index contributed by atoms with van der Waals surface area (Å²) in [5.74, 6) is 0. The lowest BCUT2D eigenvalue weighted by molar-refractivity contribution is 0.250. The van der Waals surface area contributed by atoms with Gasteiger partial charge in [-0.2, -0.15) is 8.42 Å². The molecule has 0 bridgehead atoms. The minimum atomic E-state index is -3.76. The second-order valence-corrected chi connectivity index (χ2v) is 6.68. The molecule has 0 aliphatic rings. The molecule has 2 N–H and O–H groups in total. The number of carbonyl (C=O) groups excluding carboxylic acids is 1. The number of benzene rings is 1. The van der Waals surface area contributed by atoms with Gasteiger partial charge in [-0.05, 0) is 37.6 Å². The molecule has 0 radical (unpaired) electrons. The van der Waals surface area contributed by atoms with Crippen molar-refractivity contribution in [1.82, 2.24) is 10.3 Å². The first kappa shape index (κ1) is 17.9. The van der Waals surface area contributed by atoms with Crippen LogP contribution in [-0.4, -0.2) is 32.6 Å². The van der Waals surface area contributed by atoms with Gasteiger partial charge >= 0.3 is 6.03 Å². The number of amides is 2. The van der Waals surface area contributed by atoms with Gasteiger partial charge < -0.3 is 10.6 Å². The second-order valence-electron chi connectivity index (χ2n) is 5.07. The molecule has 128 valence electrons. The van der Waals surface area contributed by atoms with Crippen molar-refractivity contribution < 1.29 is 17.4 Å². The summed E-state index contributed by atoms with van der Waals surface area (Å²) >= 11 is 0. The van der Waals surface area contributed by atoms with Gasteiger partial charge in [0.2, 0.25) is 0 Å². The molecule has 24 heavy (non-hydrogen) atoms. The maximum atomic E-state index is 12.0. The molecule has 0 aliphatic heterocycles. The fraction of sp³-hybridized carbons (Fsp3) is 0.250. The first-order chi connectivity index (χ1) is 11.5. The monoisotopic (exact) mass is 349 g/mol. The van der Waals surface area contributed by atoms with Crippen molar-refractivity contribution in [3.63, 3.8) is 0 Å². The number of aromatic nitrogens is 1. The van der Waals surface area contributed by atoms with Gasteiger partial charge in [0.25, 0.3) is 10.1 Å². The average Bonchev–Trinajstić information content (AvgIpc) is 2.56. The molecule has 2 rings (SSSR count). The summed E-state index contributed by atoms with van der Waals surface area (Å²) < 4.78 is 28.9. The van der Waals surface area contributed by atoms with E-state index in [9.17, 15) is 13.2 Å². The number of anilines is 1. The summed E-state index contributed by atoms with van der Waals surface area (Å²) in [7, 11) is -3.76. The van der Waals surface area contributed by atoms with Crippen LogP contribution in [-0.2, 0) is 14.3 Å². The molecule has 0 aliphatic carbocycles. The summed E-state index contributed by atoms with van der Waals surface area (Å²) in [4.78, 5) is 15.6. The van der Waals surface area contributed by atoms with Crippen LogP contribution in [0.5, 0.6) is 0 Å². The molecule has 1 aromatic carbocycles. The predicted molar refractivity (Wildman–Crippen MR) is 90.2 cm³/mol. The highest BCUT2D eigenvalue weighted by Crippen LogP contribution is 2.13. The topological polar surface area (TPSA) is 97.4 Å². The number of nitrogens with zero attached hydrogens (tertiary/aromatic N) is 1. The van der Waals surface area contributed by atoms with E-state index in [-0.39, 0.29) is 24.1 Å². The minimum Gasteiger partial charge on any atom is -0.338 e. The molecule has 1 heterocycles. The number of hydrogen-bond donors (Lipinski definition) is 2. The van der Waals surface area contributed by atoms with Gasteiger partial charge in [-0.1, -0.05) is 17.7 Å². The summed E-state index contributed by atoms with van der Waals surface area (Å²) in [6.45, 7) is 2.15. The van der Waals surface area contributed by atoms with Crippen molar-refractivity contribution in [2.24, 2.45) is 0 Å². The number of nitrogens with one attached hydrogen (secondary N) is 2. The zero-order valence-electron chi connectivity index (χ0n) is 13.2. The van der Waals surface area contributed by atoms with Crippen LogP contribution >= 0.6 is 0 Å². The zero-order chi connectivity index (χ0) is 17.4. The summed E-state index contributed by atoms with van der Waals surface area (Å²) in [6, 6.07) is 9.46. The van der Waals surface area contributed by atoms with Crippen molar-refractivity contribution >= 4 is 21.8 Å². The maximum Gasteiger partial charge on any atom is 0.319 e. The molecule has 8 heteroatoms. The Labute approximate surface area is 141 Å². The number of urea groups is 1. The van der Waals surface area contributed by atoms with Crippen molar-refractivity contribution in [3.8, 4) is 0 Å². The van der Waals surface area contributed by atoms with Gasteiger partial charge in [0.05, 0.1) is 23.4 Å². The van der Waals surface area contributed by atoms with E-state index in [2.05, 4.69) is 15.6 Å². The fourth-order valence-corrected chi connectivity index (χ4v) is 2.77. The highest BCUT2D eigenvalue weighted by Gasteiger charge is 2.14. The Kier molecular flexibility index (Phi) is 6.28. The van der Waals surface area contributed by atoms with Gasteiger partial charge in [-0.15, -0.1) is 0 Å². The van der Waals surface area contributed by atoms with E-state index in [4.69, 9.17) is 4.18 Å². The molecule has 0 atom stereocenters.